The average molecular weight is 858 g/mol. The molecule has 0 radical (unpaired) electrons. The van der Waals surface area contributed by atoms with Crippen LogP contribution in [0.15, 0.2) is 97.1 Å². The van der Waals surface area contributed by atoms with Crippen molar-refractivity contribution in [1.29, 1.82) is 0 Å². The van der Waals surface area contributed by atoms with Crippen molar-refractivity contribution in [3.8, 4) is 0 Å². The summed E-state index contributed by atoms with van der Waals surface area (Å²) in [6.45, 7) is 6.19. The number of ether oxygens (including phenoxy) is 2. The minimum Gasteiger partial charge on any atom is -0.378 e. The summed E-state index contributed by atoms with van der Waals surface area (Å²) in [7, 11) is 8.65. The first-order valence-electron chi connectivity index (χ1n) is 17.3. The molecule has 0 saturated heterocycles. The molecule has 12 nitrogen and oxygen atoms in total. The van der Waals surface area contributed by atoms with Crippen molar-refractivity contribution >= 4 is 64.4 Å². The second-order valence-corrected chi connectivity index (χ2v) is 12.4. The van der Waals surface area contributed by atoms with E-state index in [4.69, 9.17) is 29.4 Å². The smallest absolute Gasteiger partial charge is 0.121 e. The maximum Gasteiger partial charge on any atom is 0.121 e. The van der Waals surface area contributed by atoms with E-state index in [0.29, 0.717) is 52.6 Å². The van der Waals surface area contributed by atoms with Crippen LogP contribution in [0.2, 0.25) is 0 Å². The standard InChI is InChI=1S/C38H40N10O2.2ClH.2Co/c1-2-10-28-27(9-1)39-35(40-28)23-47(24-36-41-29-11-3-4-12-30(29)42-36)17-19-49-21-22-50-20-18-48(25-37-43-31-13-5-6-14-32(31)44-37)26-38-45-33-15-7-8-16-34(33)46-38;;;;/h1-16H,17-26H2,(H,39,40)(H,41,42)(H,43,44)(H,45,46);2*1H;;/q;;;2*+3/p-2. The molecule has 282 valence electrons. The zero-order valence-electron chi connectivity index (χ0n) is 29.2. The number of nitrogens with one attached hydrogen (secondary N) is 4. The number of halogens is 2. The number of para-hydroxylation sites is 8. The van der Waals surface area contributed by atoms with Gasteiger partial charge in [-0.3, -0.25) is 9.80 Å². The van der Waals surface area contributed by atoms with Gasteiger partial charge in [-0.15, -0.1) is 0 Å². The monoisotopic (exact) mass is 856 g/mol. The van der Waals surface area contributed by atoms with Gasteiger partial charge in [0.15, 0.2) is 0 Å². The molecule has 0 saturated carbocycles. The first-order chi connectivity index (χ1) is 26.7. The zero-order valence-corrected chi connectivity index (χ0v) is 32.8. The normalized spacial score (nSPS) is 11.4. The Balaban J connectivity index is 0.00000120. The van der Waals surface area contributed by atoms with Crippen LogP contribution in [0.1, 0.15) is 23.3 Å². The van der Waals surface area contributed by atoms with E-state index in [1.54, 1.807) is 0 Å². The molecule has 0 aliphatic carbocycles. The van der Waals surface area contributed by atoms with Gasteiger partial charge < -0.3 is 29.4 Å². The van der Waals surface area contributed by atoms with E-state index in [2.05, 4.69) is 104 Å². The largest absolute Gasteiger partial charge is 0.378 e. The Morgan fingerprint density at radius 2 is 0.667 bits per heavy atom. The number of benzene rings is 4. The summed E-state index contributed by atoms with van der Waals surface area (Å²) in [5, 5.41) is 0. The molecule has 0 unspecified atom stereocenters. The molecule has 4 aromatic carbocycles. The van der Waals surface area contributed by atoms with Crippen LogP contribution < -0.4 is 0 Å². The van der Waals surface area contributed by atoms with Crippen LogP contribution in [0.4, 0.5) is 0 Å². The van der Waals surface area contributed by atoms with Gasteiger partial charge in [0.25, 0.3) is 0 Å². The minimum absolute atomic E-state index is 0.510. The van der Waals surface area contributed by atoms with E-state index < -0.39 is 0 Å². The predicted octanol–water partition coefficient (Wildman–Crippen LogP) is 7.30. The Labute approximate surface area is 337 Å². The summed E-state index contributed by atoms with van der Waals surface area (Å²) in [6.07, 6.45) is 0. The minimum atomic E-state index is 0.510. The number of aromatic nitrogens is 8. The third-order valence-corrected chi connectivity index (χ3v) is 8.72. The van der Waals surface area contributed by atoms with Crippen molar-refractivity contribution in [2.45, 2.75) is 26.2 Å². The molecule has 0 atom stereocenters. The van der Waals surface area contributed by atoms with Crippen LogP contribution in [-0.2, 0) is 65.3 Å². The third kappa shape index (κ3) is 10.9. The topological polar surface area (TPSA) is 140 Å². The van der Waals surface area contributed by atoms with E-state index in [1.807, 2.05) is 72.8 Å². The van der Waals surface area contributed by atoms with Crippen molar-refractivity contribution in [1.82, 2.24) is 49.7 Å². The fraction of sp³-hybridized carbons (Fsp3) is 0.263. The first kappa shape index (κ1) is 39.9. The maximum absolute atomic E-state index is 6.05. The fourth-order valence-electron chi connectivity index (χ4n) is 6.31. The van der Waals surface area contributed by atoms with Gasteiger partial charge in [0, 0.05) is 13.1 Å². The van der Waals surface area contributed by atoms with Crippen LogP contribution in [0.5, 0.6) is 0 Å². The Morgan fingerprint density at radius 1 is 0.407 bits per heavy atom. The summed E-state index contributed by atoms with van der Waals surface area (Å²) in [5.74, 6) is 3.67. The molecule has 0 aliphatic rings. The van der Waals surface area contributed by atoms with Gasteiger partial charge >= 0.3 is 50.0 Å². The summed E-state index contributed by atoms with van der Waals surface area (Å²) in [6, 6.07) is 32.4. The van der Waals surface area contributed by atoms with Gasteiger partial charge in [0.05, 0.1) is 96.7 Å². The summed E-state index contributed by atoms with van der Waals surface area (Å²) in [4.78, 5) is 37.6. The fourth-order valence-corrected chi connectivity index (χ4v) is 6.31. The van der Waals surface area contributed by atoms with Gasteiger partial charge in [0.2, 0.25) is 0 Å². The molecule has 8 rings (SSSR count). The molecule has 0 fully saturated rings. The van der Waals surface area contributed by atoms with Crippen molar-refractivity contribution < 1.29 is 39.1 Å². The van der Waals surface area contributed by atoms with Crippen molar-refractivity contribution in [3.63, 3.8) is 0 Å². The molecule has 54 heavy (non-hydrogen) atoms. The van der Waals surface area contributed by atoms with Crippen molar-refractivity contribution in [3.05, 3.63) is 120 Å². The number of imidazole rings is 4. The van der Waals surface area contributed by atoms with E-state index >= 15 is 0 Å². The summed E-state index contributed by atoms with van der Waals surface area (Å²) >= 11 is 6.07. The van der Waals surface area contributed by atoms with Crippen LogP contribution in [0, 0.1) is 0 Å². The molecule has 0 bridgehead atoms. The first-order valence-corrected chi connectivity index (χ1v) is 20.2. The Kier molecular flexibility index (Phi) is 15.3. The molecule has 16 heteroatoms. The van der Waals surface area contributed by atoms with Crippen LogP contribution in [0.3, 0.4) is 0 Å². The molecular weight excluding hydrogens is 817 g/mol. The second kappa shape index (κ2) is 20.8. The number of nitrogens with zero attached hydrogens (tertiary/aromatic N) is 6. The number of rotatable bonds is 17. The summed E-state index contributed by atoms with van der Waals surface area (Å²) in [5.41, 5.74) is 8.01. The summed E-state index contributed by atoms with van der Waals surface area (Å²) < 4.78 is 12.1. The number of hydrogen-bond acceptors (Lipinski definition) is 8. The van der Waals surface area contributed by atoms with Crippen LogP contribution in [-0.4, -0.2) is 89.2 Å². The second-order valence-electron chi connectivity index (χ2n) is 12.4. The molecule has 0 aliphatic heterocycles. The van der Waals surface area contributed by atoms with Crippen molar-refractivity contribution in [2.75, 3.05) is 39.5 Å². The number of H-pyrrole nitrogens is 4. The average Bonchev–Trinajstić information content (AvgIpc) is 4.01. The molecule has 4 N–H and O–H groups in total. The van der Waals surface area contributed by atoms with Crippen molar-refractivity contribution in [2.24, 2.45) is 0 Å². The maximum atomic E-state index is 6.05. The Hall–Kier alpha value is -3.81. The third-order valence-electron chi connectivity index (χ3n) is 8.72. The molecule has 0 spiro atoms. The van der Waals surface area contributed by atoms with Gasteiger partial charge in [-0.2, -0.15) is 0 Å². The Bertz CT molecular complexity index is 1880. The number of hydrogen-bond donors (Lipinski definition) is 4. The van der Waals surface area contributed by atoms with E-state index in [-0.39, 0.29) is 0 Å². The molecule has 4 heterocycles. The SMILES string of the molecule is [Cl][Co+2].[Cl][Co+2].c1ccc2[nH]c(CN(CCOCCOCCN(Cc3nc4ccccc4[nH]3)Cc3nc4ccccc4[nH]3)Cc3nc4ccccc4[nH]3)nc2c1. The van der Waals surface area contributed by atoms with E-state index in [0.717, 1.165) is 80.5 Å². The number of fused-ring (bicyclic) bond motifs is 4. The number of aromatic amines is 4. The Morgan fingerprint density at radius 3 is 0.926 bits per heavy atom. The predicted molar refractivity (Wildman–Crippen MR) is 206 cm³/mol. The van der Waals surface area contributed by atoms with Gasteiger partial charge in [-0.1, -0.05) is 48.5 Å². The van der Waals surface area contributed by atoms with E-state index in [1.165, 1.54) is 0 Å². The van der Waals surface area contributed by atoms with E-state index in [9.17, 15) is 0 Å². The van der Waals surface area contributed by atoms with Gasteiger partial charge in [-0.25, -0.2) is 19.9 Å². The quantitative estimate of drug-likeness (QED) is 0.0701. The van der Waals surface area contributed by atoms with Crippen LogP contribution >= 0.6 is 20.3 Å². The molecule has 8 aromatic rings. The van der Waals surface area contributed by atoms with Gasteiger partial charge in [0.1, 0.15) is 23.3 Å². The zero-order chi connectivity index (χ0) is 37.5. The van der Waals surface area contributed by atoms with Crippen LogP contribution in [0.25, 0.3) is 44.1 Å². The molecular formula is C38H40Cl2Co2N10O2+4. The van der Waals surface area contributed by atoms with Gasteiger partial charge in [-0.05, 0) is 48.5 Å². The molecule has 4 aromatic heterocycles. The molecule has 0 amide bonds.